The standard InChI is InChI=1S/C14H20O2/c1-14(6-2-3-7-14)16-13(15)12-9-10-4-5-11(12)8-10/h4-5,10-12H,2-3,6-9H2,1H3/t10-,11+,12+/m0/s1. The predicted molar refractivity (Wildman–Crippen MR) is 61.8 cm³/mol. The lowest BCUT2D eigenvalue weighted by Crippen LogP contribution is -2.33. The summed E-state index contributed by atoms with van der Waals surface area (Å²) in [5.74, 6) is 1.36. The van der Waals surface area contributed by atoms with Crippen molar-refractivity contribution in [1.29, 1.82) is 0 Å². The van der Waals surface area contributed by atoms with Gasteiger partial charge < -0.3 is 4.74 Å². The number of allylic oxidation sites excluding steroid dienone is 2. The Morgan fingerprint density at radius 1 is 1.25 bits per heavy atom. The molecule has 0 aromatic rings. The molecule has 2 bridgehead atoms. The molecule has 3 atom stereocenters. The third-order valence-corrected chi connectivity index (χ3v) is 4.59. The molecule has 0 amide bonds. The molecule has 2 nitrogen and oxygen atoms in total. The zero-order valence-electron chi connectivity index (χ0n) is 9.95. The molecule has 2 fully saturated rings. The van der Waals surface area contributed by atoms with Crippen molar-refractivity contribution in [2.24, 2.45) is 17.8 Å². The zero-order chi connectivity index (χ0) is 11.2. The van der Waals surface area contributed by atoms with E-state index in [0.29, 0.717) is 11.8 Å². The third kappa shape index (κ3) is 1.68. The van der Waals surface area contributed by atoms with Gasteiger partial charge in [0.1, 0.15) is 5.60 Å². The van der Waals surface area contributed by atoms with Gasteiger partial charge in [-0.1, -0.05) is 12.2 Å². The van der Waals surface area contributed by atoms with Crippen LogP contribution in [0.25, 0.3) is 0 Å². The van der Waals surface area contributed by atoms with E-state index in [-0.39, 0.29) is 17.5 Å². The molecule has 0 N–H and O–H groups in total. The van der Waals surface area contributed by atoms with Crippen molar-refractivity contribution in [2.75, 3.05) is 0 Å². The molecule has 0 unspecified atom stereocenters. The second kappa shape index (κ2) is 3.61. The molecule has 0 heterocycles. The topological polar surface area (TPSA) is 26.3 Å². The molecule has 3 aliphatic rings. The fourth-order valence-corrected chi connectivity index (χ4v) is 3.60. The second-order valence-corrected chi connectivity index (χ2v) is 5.96. The van der Waals surface area contributed by atoms with Gasteiger partial charge >= 0.3 is 5.97 Å². The third-order valence-electron chi connectivity index (χ3n) is 4.59. The molecule has 0 radical (unpaired) electrons. The molecule has 2 heteroatoms. The highest BCUT2D eigenvalue weighted by Gasteiger charge is 2.43. The SMILES string of the molecule is CC1(OC(=O)[C@@H]2C[C@H]3C=C[C@@H]2C3)CCCC1. The number of carbonyl (C=O) groups is 1. The van der Waals surface area contributed by atoms with Crippen LogP contribution in [0.5, 0.6) is 0 Å². The molecule has 0 aromatic carbocycles. The summed E-state index contributed by atoms with van der Waals surface area (Å²) in [6.07, 6.45) is 11.2. The van der Waals surface area contributed by atoms with Crippen molar-refractivity contribution in [3.05, 3.63) is 12.2 Å². The highest BCUT2D eigenvalue weighted by molar-refractivity contribution is 5.74. The van der Waals surface area contributed by atoms with Gasteiger partial charge in [0.2, 0.25) is 0 Å². The number of carbonyl (C=O) groups excluding carboxylic acids is 1. The van der Waals surface area contributed by atoms with E-state index in [1.54, 1.807) is 0 Å². The summed E-state index contributed by atoms with van der Waals surface area (Å²) in [5.41, 5.74) is -0.150. The fourth-order valence-electron chi connectivity index (χ4n) is 3.60. The molecule has 0 spiro atoms. The normalized spacial score (nSPS) is 39.2. The molecule has 88 valence electrons. The van der Waals surface area contributed by atoms with Crippen molar-refractivity contribution in [1.82, 2.24) is 0 Å². The lowest BCUT2D eigenvalue weighted by molar-refractivity contribution is -0.163. The fraction of sp³-hybridized carbons (Fsp3) is 0.786. The van der Waals surface area contributed by atoms with Crippen molar-refractivity contribution in [3.63, 3.8) is 0 Å². The molecule has 0 aromatic heterocycles. The smallest absolute Gasteiger partial charge is 0.310 e. The average Bonchev–Trinajstić information content (AvgIpc) is 2.92. The van der Waals surface area contributed by atoms with Crippen LogP contribution in [0.15, 0.2) is 12.2 Å². The van der Waals surface area contributed by atoms with Gasteiger partial charge in [-0.25, -0.2) is 0 Å². The van der Waals surface area contributed by atoms with Gasteiger partial charge in [0, 0.05) is 0 Å². The van der Waals surface area contributed by atoms with Crippen LogP contribution in [0.3, 0.4) is 0 Å². The van der Waals surface area contributed by atoms with Crippen molar-refractivity contribution < 1.29 is 9.53 Å². The zero-order valence-corrected chi connectivity index (χ0v) is 9.95. The van der Waals surface area contributed by atoms with E-state index in [9.17, 15) is 4.79 Å². The van der Waals surface area contributed by atoms with Crippen molar-refractivity contribution >= 4 is 5.97 Å². The Bertz CT molecular complexity index is 326. The van der Waals surface area contributed by atoms with Crippen molar-refractivity contribution in [3.8, 4) is 0 Å². The molecule has 0 saturated heterocycles. The first-order valence-corrected chi connectivity index (χ1v) is 6.57. The largest absolute Gasteiger partial charge is 0.459 e. The van der Waals surface area contributed by atoms with Gasteiger partial charge in [0.05, 0.1) is 5.92 Å². The highest BCUT2D eigenvalue weighted by atomic mass is 16.6. The summed E-state index contributed by atoms with van der Waals surface area (Å²) in [6.45, 7) is 2.10. The van der Waals surface area contributed by atoms with Gasteiger partial charge in [0.25, 0.3) is 0 Å². The Hall–Kier alpha value is -0.790. The van der Waals surface area contributed by atoms with Crippen LogP contribution in [-0.4, -0.2) is 11.6 Å². The van der Waals surface area contributed by atoms with Gasteiger partial charge in [0.15, 0.2) is 0 Å². The maximum atomic E-state index is 12.1. The second-order valence-electron chi connectivity index (χ2n) is 5.96. The number of fused-ring (bicyclic) bond motifs is 2. The summed E-state index contributed by atoms with van der Waals surface area (Å²) in [7, 11) is 0. The van der Waals surface area contributed by atoms with E-state index in [1.807, 2.05) is 0 Å². The molecular weight excluding hydrogens is 200 g/mol. The van der Waals surface area contributed by atoms with E-state index in [0.717, 1.165) is 19.3 Å². The summed E-state index contributed by atoms with van der Waals surface area (Å²) < 4.78 is 5.76. The van der Waals surface area contributed by atoms with Crippen LogP contribution in [0.2, 0.25) is 0 Å². The Kier molecular flexibility index (Phi) is 2.34. The minimum atomic E-state index is -0.150. The van der Waals surface area contributed by atoms with Crippen LogP contribution in [0, 0.1) is 17.8 Å². The van der Waals surface area contributed by atoms with Crippen molar-refractivity contribution in [2.45, 2.75) is 51.0 Å². The van der Waals surface area contributed by atoms with Crippen LogP contribution < -0.4 is 0 Å². The molecule has 3 aliphatic carbocycles. The summed E-state index contributed by atoms with van der Waals surface area (Å²) in [6, 6.07) is 0. The van der Waals surface area contributed by atoms with Crippen LogP contribution in [-0.2, 0) is 9.53 Å². The Morgan fingerprint density at radius 2 is 2.00 bits per heavy atom. The lowest BCUT2D eigenvalue weighted by Gasteiger charge is -2.27. The van der Waals surface area contributed by atoms with Gasteiger partial charge in [-0.15, -0.1) is 0 Å². The molecule has 0 aliphatic heterocycles. The van der Waals surface area contributed by atoms with E-state index in [1.165, 1.54) is 19.3 Å². The quantitative estimate of drug-likeness (QED) is 0.528. The maximum Gasteiger partial charge on any atom is 0.310 e. The van der Waals surface area contributed by atoms with Crippen LogP contribution in [0.1, 0.15) is 45.4 Å². The summed E-state index contributed by atoms with van der Waals surface area (Å²) >= 11 is 0. The first kappa shape index (κ1) is 10.4. The number of hydrogen-bond donors (Lipinski definition) is 0. The van der Waals surface area contributed by atoms with Gasteiger partial charge in [-0.3, -0.25) is 4.79 Å². The van der Waals surface area contributed by atoms with Crippen LogP contribution >= 0.6 is 0 Å². The summed E-state index contributed by atoms with van der Waals surface area (Å²) in [5, 5.41) is 0. The first-order chi connectivity index (χ1) is 7.66. The van der Waals surface area contributed by atoms with E-state index >= 15 is 0 Å². The summed E-state index contributed by atoms with van der Waals surface area (Å²) in [4.78, 5) is 12.1. The molecule has 2 saturated carbocycles. The lowest BCUT2D eigenvalue weighted by atomic mass is 9.93. The van der Waals surface area contributed by atoms with E-state index in [4.69, 9.17) is 4.74 Å². The van der Waals surface area contributed by atoms with Crippen LogP contribution in [0.4, 0.5) is 0 Å². The number of esters is 1. The number of ether oxygens (including phenoxy) is 1. The van der Waals surface area contributed by atoms with Gasteiger partial charge in [-0.2, -0.15) is 0 Å². The van der Waals surface area contributed by atoms with E-state index in [2.05, 4.69) is 19.1 Å². The molecule has 16 heavy (non-hydrogen) atoms. The monoisotopic (exact) mass is 220 g/mol. The minimum Gasteiger partial charge on any atom is -0.459 e. The predicted octanol–water partition coefficient (Wildman–Crippen LogP) is 3.07. The maximum absolute atomic E-state index is 12.1. The Labute approximate surface area is 97.1 Å². The van der Waals surface area contributed by atoms with Gasteiger partial charge in [-0.05, 0) is 57.3 Å². The minimum absolute atomic E-state index is 0.0706. The number of hydrogen-bond acceptors (Lipinski definition) is 2. The molecular formula is C14H20O2. The van der Waals surface area contributed by atoms with E-state index < -0.39 is 0 Å². The Morgan fingerprint density at radius 3 is 2.56 bits per heavy atom. The molecule has 3 rings (SSSR count). The Balaban J connectivity index is 1.63. The average molecular weight is 220 g/mol. The number of rotatable bonds is 2. The first-order valence-electron chi connectivity index (χ1n) is 6.57. The highest BCUT2D eigenvalue weighted by Crippen LogP contribution is 2.45.